The predicted octanol–water partition coefficient (Wildman–Crippen LogP) is 1.34. The molecule has 4 nitrogen and oxygen atoms in total. The Hall–Kier alpha value is -0.160. The fraction of sp³-hybridized carbons (Fsp3) is 1.00. The van der Waals surface area contributed by atoms with E-state index in [1.54, 1.807) is 0 Å². The first-order valence-corrected chi connectivity index (χ1v) is 6.69. The molecule has 0 bridgehead atoms. The lowest BCUT2D eigenvalue weighted by molar-refractivity contribution is 0.126. The highest BCUT2D eigenvalue weighted by Gasteiger charge is 2.41. The first-order valence-electron chi connectivity index (χ1n) is 6.69. The molecule has 2 N–H and O–H groups in total. The van der Waals surface area contributed by atoms with Gasteiger partial charge in [0.2, 0.25) is 0 Å². The third-order valence-electron chi connectivity index (χ3n) is 3.38. The lowest BCUT2D eigenvalue weighted by Crippen LogP contribution is -2.13. The Morgan fingerprint density at radius 3 is 2.35 bits per heavy atom. The third kappa shape index (κ3) is 5.34. The molecule has 5 atom stereocenters. The topological polar surface area (TPSA) is 65.5 Å². The summed E-state index contributed by atoms with van der Waals surface area (Å²) >= 11 is 0. The summed E-state index contributed by atoms with van der Waals surface area (Å²) < 4.78 is 10.0. The molecular formula is C13H26O4. The highest BCUT2D eigenvalue weighted by molar-refractivity contribution is 4.87. The largest absolute Gasteiger partial charge is 0.394 e. The zero-order valence-corrected chi connectivity index (χ0v) is 11.1. The Labute approximate surface area is 104 Å². The van der Waals surface area contributed by atoms with Crippen LogP contribution in [-0.2, 0) is 9.47 Å². The van der Waals surface area contributed by atoms with E-state index in [0.717, 1.165) is 25.9 Å². The first-order chi connectivity index (χ1) is 8.13. The van der Waals surface area contributed by atoms with E-state index in [9.17, 15) is 0 Å². The summed E-state index contributed by atoms with van der Waals surface area (Å²) in [6.45, 7) is 7.31. The summed E-state index contributed by atoms with van der Waals surface area (Å²) in [6, 6.07) is 0. The number of hydrogen-bond donors (Lipinski definition) is 2. The van der Waals surface area contributed by atoms with E-state index in [1.165, 1.54) is 0 Å². The van der Waals surface area contributed by atoms with Crippen LogP contribution in [0.15, 0.2) is 0 Å². The van der Waals surface area contributed by atoms with Crippen LogP contribution in [0.5, 0.6) is 0 Å². The van der Waals surface area contributed by atoms with Crippen LogP contribution >= 0.6 is 0 Å². The lowest BCUT2D eigenvalue weighted by atomic mass is 10.0. The molecule has 0 aromatic carbocycles. The Bertz CT molecular complexity index is 206. The van der Waals surface area contributed by atoms with Gasteiger partial charge in [0, 0.05) is 0 Å². The van der Waals surface area contributed by atoms with E-state index in [-0.39, 0.29) is 24.9 Å². The summed E-state index contributed by atoms with van der Waals surface area (Å²) in [5.74, 6) is 0.613. The average molecular weight is 246 g/mol. The molecule has 0 aromatic rings. The van der Waals surface area contributed by atoms with Crippen LogP contribution in [0.1, 0.15) is 40.0 Å². The Morgan fingerprint density at radius 1 is 1.35 bits per heavy atom. The highest BCUT2D eigenvalue weighted by Crippen LogP contribution is 2.30. The van der Waals surface area contributed by atoms with E-state index in [0.29, 0.717) is 12.0 Å². The smallest absolute Gasteiger partial charge is 0.107 e. The van der Waals surface area contributed by atoms with Crippen molar-refractivity contribution in [3.8, 4) is 0 Å². The van der Waals surface area contributed by atoms with Crippen LogP contribution in [0, 0.1) is 5.92 Å². The van der Waals surface area contributed by atoms with Crippen LogP contribution in [-0.4, -0.2) is 47.8 Å². The monoisotopic (exact) mass is 246 g/mol. The van der Waals surface area contributed by atoms with Gasteiger partial charge in [0.15, 0.2) is 0 Å². The third-order valence-corrected chi connectivity index (χ3v) is 3.38. The summed E-state index contributed by atoms with van der Waals surface area (Å²) in [4.78, 5) is 0. The second kappa shape index (κ2) is 7.31. The maximum absolute atomic E-state index is 9.06. The average Bonchev–Trinajstić information content (AvgIpc) is 3.20. The predicted molar refractivity (Wildman–Crippen MR) is 65.9 cm³/mol. The molecule has 2 saturated heterocycles. The minimum Gasteiger partial charge on any atom is -0.394 e. The van der Waals surface area contributed by atoms with Crippen molar-refractivity contribution >= 4 is 0 Å². The van der Waals surface area contributed by atoms with Crippen molar-refractivity contribution < 1.29 is 19.7 Å². The van der Waals surface area contributed by atoms with Crippen molar-refractivity contribution in [3.63, 3.8) is 0 Å². The van der Waals surface area contributed by atoms with Crippen molar-refractivity contribution in [2.75, 3.05) is 13.2 Å². The molecule has 0 spiro atoms. The van der Waals surface area contributed by atoms with E-state index >= 15 is 0 Å². The molecule has 5 unspecified atom stereocenters. The fourth-order valence-electron chi connectivity index (χ4n) is 1.80. The van der Waals surface area contributed by atoms with E-state index in [4.69, 9.17) is 19.7 Å². The van der Waals surface area contributed by atoms with Crippen molar-refractivity contribution in [2.45, 2.75) is 64.4 Å². The molecule has 4 heteroatoms. The molecule has 2 fully saturated rings. The quantitative estimate of drug-likeness (QED) is 0.694. The fourth-order valence-corrected chi connectivity index (χ4v) is 1.80. The Kier molecular flexibility index (Phi) is 6.41. The Morgan fingerprint density at radius 2 is 2.00 bits per heavy atom. The van der Waals surface area contributed by atoms with Gasteiger partial charge in [-0.1, -0.05) is 33.6 Å². The molecule has 0 radical (unpaired) electrons. The van der Waals surface area contributed by atoms with Gasteiger partial charge in [-0.15, -0.1) is 0 Å². The first kappa shape index (κ1) is 14.9. The van der Waals surface area contributed by atoms with Crippen LogP contribution in [0.4, 0.5) is 0 Å². The molecule has 2 aliphatic heterocycles. The number of epoxide rings is 2. The zero-order chi connectivity index (χ0) is 12.8. The summed E-state index contributed by atoms with van der Waals surface area (Å²) in [5, 5.41) is 17.7. The molecule has 2 heterocycles. The minimum atomic E-state index is -0.194. The second-order valence-electron chi connectivity index (χ2n) is 4.94. The zero-order valence-electron chi connectivity index (χ0n) is 11.1. The molecular weight excluding hydrogens is 220 g/mol. The molecule has 0 aromatic heterocycles. The number of aliphatic hydroxyl groups excluding tert-OH is 2. The van der Waals surface area contributed by atoms with Crippen molar-refractivity contribution in [1.29, 1.82) is 0 Å². The van der Waals surface area contributed by atoms with Gasteiger partial charge in [-0.25, -0.2) is 0 Å². The van der Waals surface area contributed by atoms with E-state index in [2.05, 4.69) is 20.8 Å². The van der Waals surface area contributed by atoms with Crippen molar-refractivity contribution in [3.05, 3.63) is 0 Å². The van der Waals surface area contributed by atoms with Gasteiger partial charge in [-0.3, -0.25) is 0 Å². The molecule has 0 aliphatic carbocycles. The van der Waals surface area contributed by atoms with Gasteiger partial charge < -0.3 is 19.7 Å². The summed E-state index contributed by atoms with van der Waals surface area (Å²) in [6.07, 6.45) is 3.54. The van der Waals surface area contributed by atoms with Crippen molar-refractivity contribution in [2.24, 2.45) is 5.92 Å². The van der Waals surface area contributed by atoms with Gasteiger partial charge in [0.05, 0.1) is 25.4 Å². The van der Waals surface area contributed by atoms with E-state index < -0.39 is 0 Å². The second-order valence-corrected chi connectivity index (χ2v) is 4.94. The van der Waals surface area contributed by atoms with Gasteiger partial charge in [0.1, 0.15) is 12.2 Å². The molecule has 2 aliphatic rings. The lowest BCUT2D eigenvalue weighted by Gasteiger charge is -2.01. The molecule has 17 heavy (non-hydrogen) atoms. The standard InChI is InChI=1S/C7H14O2.C6H12O2/c1-3-5(2)7-6(4-8)9-7;1-2-3-5(7)6-4-8-6/h5-8H,3-4H2,1-2H3;5-7H,2-4H2,1H3. The van der Waals surface area contributed by atoms with Crippen LogP contribution in [0.3, 0.4) is 0 Å². The van der Waals surface area contributed by atoms with Crippen LogP contribution in [0.25, 0.3) is 0 Å². The van der Waals surface area contributed by atoms with Crippen molar-refractivity contribution in [1.82, 2.24) is 0 Å². The molecule has 0 saturated carbocycles. The number of aliphatic hydroxyl groups is 2. The van der Waals surface area contributed by atoms with Gasteiger partial charge >= 0.3 is 0 Å². The van der Waals surface area contributed by atoms with Gasteiger partial charge in [-0.2, -0.15) is 0 Å². The van der Waals surface area contributed by atoms with Crippen LogP contribution < -0.4 is 0 Å². The number of hydrogen-bond acceptors (Lipinski definition) is 4. The number of rotatable bonds is 6. The minimum absolute atomic E-state index is 0.153. The summed E-state index contributed by atoms with van der Waals surface area (Å²) in [7, 11) is 0. The molecule has 0 amide bonds. The SMILES string of the molecule is CCC(C)C1OC1CO.CCCC(O)C1CO1. The van der Waals surface area contributed by atoms with Crippen LogP contribution in [0.2, 0.25) is 0 Å². The van der Waals surface area contributed by atoms with E-state index in [1.807, 2.05) is 0 Å². The highest BCUT2D eigenvalue weighted by atomic mass is 16.6. The maximum Gasteiger partial charge on any atom is 0.107 e. The maximum atomic E-state index is 9.06. The summed E-state index contributed by atoms with van der Waals surface area (Å²) in [5.41, 5.74) is 0. The molecule has 2 rings (SSSR count). The van der Waals surface area contributed by atoms with Gasteiger partial charge in [-0.05, 0) is 12.3 Å². The molecule has 102 valence electrons. The normalized spacial score (nSPS) is 33.4. The number of ether oxygens (including phenoxy) is 2. The van der Waals surface area contributed by atoms with Gasteiger partial charge in [0.25, 0.3) is 0 Å². The Balaban J connectivity index is 0.000000171.